The maximum Gasteiger partial charge on any atom is 0.329 e. The van der Waals surface area contributed by atoms with Gasteiger partial charge in [0.1, 0.15) is 0 Å². The second-order valence-corrected chi connectivity index (χ2v) is 6.26. The number of carboxylic acids is 1. The number of hydrogen-bond acceptors (Lipinski definition) is 3. The van der Waals surface area contributed by atoms with Crippen LogP contribution in [0.5, 0.6) is 0 Å². The zero-order chi connectivity index (χ0) is 17.3. The van der Waals surface area contributed by atoms with Crippen LogP contribution >= 0.6 is 0 Å². The smallest absolute Gasteiger partial charge is 0.329 e. The molecule has 126 valence electrons. The Balaban J connectivity index is 1.75. The SMILES string of the molecule is Cc1cc(C)n([C@H](CC(=O)N2CCc3ccccc3C2)C(=O)O)n1. The molecule has 1 atom stereocenters. The minimum Gasteiger partial charge on any atom is -0.480 e. The van der Waals surface area contributed by atoms with Crippen molar-refractivity contribution in [2.75, 3.05) is 6.54 Å². The van der Waals surface area contributed by atoms with Gasteiger partial charge in [0.15, 0.2) is 6.04 Å². The van der Waals surface area contributed by atoms with Crippen molar-refractivity contribution in [3.05, 3.63) is 52.8 Å². The van der Waals surface area contributed by atoms with Crippen molar-refractivity contribution in [2.45, 2.75) is 39.3 Å². The molecule has 0 saturated heterocycles. The number of aliphatic carboxylic acids is 1. The van der Waals surface area contributed by atoms with E-state index in [4.69, 9.17) is 0 Å². The average molecular weight is 327 g/mol. The third kappa shape index (κ3) is 3.18. The van der Waals surface area contributed by atoms with Gasteiger partial charge in [-0.1, -0.05) is 24.3 Å². The van der Waals surface area contributed by atoms with Crippen LogP contribution in [0.2, 0.25) is 0 Å². The van der Waals surface area contributed by atoms with Crippen molar-refractivity contribution in [2.24, 2.45) is 0 Å². The van der Waals surface area contributed by atoms with E-state index in [-0.39, 0.29) is 12.3 Å². The summed E-state index contributed by atoms with van der Waals surface area (Å²) in [6.45, 7) is 4.78. The van der Waals surface area contributed by atoms with Crippen LogP contribution in [0, 0.1) is 13.8 Å². The minimum atomic E-state index is -1.04. The average Bonchev–Trinajstić information content (AvgIpc) is 2.89. The Morgan fingerprint density at radius 3 is 2.58 bits per heavy atom. The lowest BCUT2D eigenvalue weighted by atomic mass is 9.99. The molecule has 1 amide bonds. The standard InChI is InChI=1S/C18H21N3O3/c1-12-9-13(2)21(19-12)16(18(23)24)10-17(22)20-8-7-14-5-3-4-6-15(14)11-20/h3-6,9,16H,7-8,10-11H2,1-2H3,(H,23,24)/t16-/m1/s1. The Morgan fingerprint density at radius 1 is 1.25 bits per heavy atom. The van der Waals surface area contributed by atoms with E-state index in [1.54, 1.807) is 11.8 Å². The maximum atomic E-state index is 12.6. The van der Waals surface area contributed by atoms with E-state index < -0.39 is 12.0 Å². The van der Waals surface area contributed by atoms with Crippen LogP contribution in [0.4, 0.5) is 0 Å². The van der Waals surface area contributed by atoms with Gasteiger partial charge in [-0.25, -0.2) is 4.79 Å². The summed E-state index contributed by atoms with van der Waals surface area (Å²) in [5, 5.41) is 13.8. The summed E-state index contributed by atoms with van der Waals surface area (Å²) in [4.78, 5) is 26.0. The second kappa shape index (κ2) is 6.47. The van der Waals surface area contributed by atoms with Crippen molar-refractivity contribution in [1.82, 2.24) is 14.7 Å². The molecule has 1 aromatic carbocycles. The third-order valence-corrected chi connectivity index (χ3v) is 4.48. The Hall–Kier alpha value is -2.63. The monoisotopic (exact) mass is 327 g/mol. The second-order valence-electron chi connectivity index (χ2n) is 6.26. The van der Waals surface area contributed by atoms with Gasteiger partial charge in [-0.15, -0.1) is 0 Å². The number of carbonyl (C=O) groups is 2. The molecule has 0 fully saturated rings. The van der Waals surface area contributed by atoms with Crippen LogP contribution in [0.3, 0.4) is 0 Å². The van der Waals surface area contributed by atoms with Crippen LogP contribution < -0.4 is 0 Å². The highest BCUT2D eigenvalue weighted by Gasteiger charge is 2.29. The molecule has 0 aliphatic carbocycles. The molecule has 2 heterocycles. The first-order chi connectivity index (χ1) is 11.5. The molecular formula is C18H21N3O3. The van der Waals surface area contributed by atoms with E-state index >= 15 is 0 Å². The molecule has 1 aliphatic rings. The lowest BCUT2D eigenvalue weighted by Gasteiger charge is -2.29. The molecule has 6 nitrogen and oxygen atoms in total. The van der Waals surface area contributed by atoms with Gasteiger partial charge < -0.3 is 10.0 Å². The van der Waals surface area contributed by atoms with Gasteiger partial charge in [0.25, 0.3) is 0 Å². The minimum absolute atomic E-state index is 0.0839. The number of aromatic nitrogens is 2. The normalized spacial score (nSPS) is 15.0. The summed E-state index contributed by atoms with van der Waals surface area (Å²) in [7, 11) is 0. The van der Waals surface area contributed by atoms with Crippen molar-refractivity contribution in [1.29, 1.82) is 0 Å². The lowest BCUT2D eigenvalue weighted by Crippen LogP contribution is -2.38. The number of benzene rings is 1. The number of carboxylic acid groups (broad SMARTS) is 1. The van der Waals surface area contributed by atoms with Crippen molar-refractivity contribution in [3.63, 3.8) is 0 Å². The van der Waals surface area contributed by atoms with Gasteiger partial charge in [0.05, 0.1) is 12.1 Å². The summed E-state index contributed by atoms with van der Waals surface area (Å²) in [6.07, 6.45) is 0.721. The molecule has 1 aliphatic heterocycles. The highest BCUT2D eigenvalue weighted by molar-refractivity contribution is 5.83. The Kier molecular flexibility index (Phi) is 4.38. The number of hydrogen-bond donors (Lipinski definition) is 1. The number of aryl methyl sites for hydroxylation is 2. The molecule has 0 unspecified atom stereocenters. The molecule has 6 heteroatoms. The molecular weight excluding hydrogens is 306 g/mol. The van der Waals surface area contributed by atoms with E-state index in [0.29, 0.717) is 13.1 Å². The Bertz CT molecular complexity index is 782. The summed E-state index contributed by atoms with van der Waals surface area (Å²) in [5.74, 6) is -1.18. The summed E-state index contributed by atoms with van der Waals surface area (Å²) in [5.41, 5.74) is 3.89. The van der Waals surface area contributed by atoms with Crippen molar-refractivity contribution in [3.8, 4) is 0 Å². The molecule has 1 N–H and O–H groups in total. The molecule has 0 spiro atoms. The lowest BCUT2D eigenvalue weighted by molar-refractivity contribution is -0.145. The van der Waals surface area contributed by atoms with Crippen molar-refractivity contribution < 1.29 is 14.7 Å². The fourth-order valence-electron chi connectivity index (χ4n) is 3.24. The Labute approximate surface area is 140 Å². The van der Waals surface area contributed by atoms with Crippen LogP contribution in [0.25, 0.3) is 0 Å². The van der Waals surface area contributed by atoms with Gasteiger partial charge in [0.2, 0.25) is 5.91 Å². The van der Waals surface area contributed by atoms with E-state index in [0.717, 1.165) is 23.4 Å². The fraction of sp³-hybridized carbons (Fsp3) is 0.389. The molecule has 0 saturated carbocycles. The molecule has 0 radical (unpaired) electrons. The topological polar surface area (TPSA) is 75.4 Å². The van der Waals surface area contributed by atoms with E-state index in [1.807, 2.05) is 31.2 Å². The molecule has 1 aromatic heterocycles. The van der Waals surface area contributed by atoms with E-state index in [2.05, 4.69) is 11.2 Å². The molecule has 24 heavy (non-hydrogen) atoms. The highest BCUT2D eigenvalue weighted by Crippen LogP contribution is 2.22. The summed E-state index contributed by atoms with van der Waals surface area (Å²) >= 11 is 0. The van der Waals surface area contributed by atoms with Crippen LogP contribution in [-0.2, 0) is 22.6 Å². The number of nitrogens with zero attached hydrogens (tertiary/aromatic N) is 3. The number of amides is 1. The predicted molar refractivity (Wildman–Crippen MR) is 88.6 cm³/mol. The number of rotatable bonds is 4. The summed E-state index contributed by atoms with van der Waals surface area (Å²) < 4.78 is 1.44. The highest BCUT2D eigenvalue weighted by atomic mass is 16.4. The largest absolute Gasteiger partial charge is 0.480 e. The van der Waals surface area contributed by atoms with Gasteiger partial charge in [0, 0.05) is 18.8 Å². The summed E-state index contributed by atoms with van der Waals surface area (Å²) in [6, 6.07) is 8.90. The predicted octanol–water partition coefficient (Wildman–Crippen LogP) is 2.10. The van der Waals surface area contributed by atoms with Gasteiger partial charge >= 0.3 is 5.97 Å². The van der Waals surface area contributed by atoms with Gasteiger partial charge in [-0.3, -0.25) is 9.48 Å². The third-order valence-electron chi connectivity index (χ3n) is 4.48. The van der Waals surface area contributed by atoms with Crippen molar-refractivity contribution >= 4 is 11.9 Å². The number of carbonyl (C=O) groups excluding carboxylic acids is 1. The first-order valence-electron chi connectivity index (χ1n) is 8.06. The fourth-order valence-corrected chi connectivity index (χ4v) is 3.24. The van der Waals surface area contributed by atoms with E-state index in [1.165, 1.54) is 10.2 Å². The molecule has 3 rings (SSSR count). The number of fused-ring (bicyclic) bond motifs is 1. The Morgan fingerprint density at radius 2 is 1.96 bits per heavy atom. The molecule has 0 bridgehead atoms. The first-order valence-corrected chi connectivity index (χ1v) is 8.06. The van der Waals surface area contributed by atoms with Gasteiger partial charge in [-0.05, 0) is 37.5 Å². The van der Waals surface area contributed by atoms with E-state index in [9.17, 15) is 14.7 Å². The zero-order valence-electron chi connectivity index (χ0n) is 13.9. The van der Waals surface area contributed by atoms with Gasteiger partial charge in [-0.2, -0.15) is 5.10 Å². The van der Waals surface area contributed by atoms with Crippen LogP contribution in [-0.4, -0.2) is 38.2 Å². The first kappa shape index (κ1) is 16.2. The zero-order valence-corrected chi connectivity index (χ0v) is 13.9. The van der Waals surface area contributed by atoms with Crippen LogP contribution in [0.1, 0.15) is 35.0 Å². The molecule has 2 aromatic rings. The van der Waals surface area contributed by atoms with Crippen LogP contribution in [0.15, 0.2) is 30.3 Å². The quantitative estimate of drug-likeness (QED) is 0.933. The maximum absolute atomic E-state index is 12.6.